The molecular formula is C24H23N5O3. The van der Waals surface area contributed by atoms with Crippen LogP contribution in [0.1, 0.15) is 34.3 Å². The summed E-state index contributed by atoms with van der Waals surface area (Å²) in [5, 5.41) is 5.70. The van der Waals surface area contributed by atoms with Gasteiger partial charge in [0, 0.05) is 30.2 Å². The maximum Gasteiger partial charge on any atom is 0.255 e. The van der Waals surface area contributed by atoms with Crippen molar-refractivity contribution in [3.8, 4) is 11.5 Å². The maximum atomic E-state index is 12.7. The Morgan fingerprint density at radius 1 is 1.03 bits per heavy atom. The van der Waals surface area contributed by atoms with E-state index in [4.69, 9.17) is 10.5 Å². The highest BCUT2D eigenvalue weighted by atomic mass is 16.5. The molecule has 8 nitrogen and oxygen atoms in total. The fourth-order valence-corrected chi connectivity index (χ4v) is 3.16. The lowest BCUT2D eigenvalue weighted by atomic mass is 10.1. The van der Waals surface area contributed by atoms with Gasteiger partial charge in [-0.2, -0.15) is 0 Å². The molecule has 1 aliphatic carbocycles. The molecule has 162 valence electrons. The van der Waals surface area contributed by atoms with Crippen molar-refractivity contribution < 1.29 is 14.3 Å². The first-order chi connectivity index (χ1) is 15.4. The van der Waals surface area contributed by atoms with Gasteiger partial charge in [0.15, 0.2) is 0 Å². The molecule has 1 aromatic heterocycles. The number of nitrogens with one attached hydrogen (secondary N) is 2. The van der Waals surface area contributed by atoms with Gasteiger partial charge in [-0.25, -0.2) is 9.97 Å². The Hall–Kier alpha value is -4.20. The predicted molar refractivity (Wildman–Crippen MR) is 119 cm³/mol. The van der Waals surface area contributed by atoms with E-state index in [1.165, 1.54) is 18.7 Å². The third-order valence-electron chi connectivity index (χ3n) is 5.18. The molecule has 1 heterocycles. The van der Waals surface area contributed by atoms with Gasteiger partial charge in [-0.15, -0.1) is 0 Å². The van der Waals surface area contributed by atoms with Crippen molar-refractivity contribution in [3.63, 3.8) is 0 Å². The Morgan fingerprint density at radius 3 is 2.41 bits per heavy atom. The molecule has 3 aromatic rings. The summed E-state index contributed by atoms with van der Waals surface area (Å²) in [6.07, 6.45) is 5.38. The Balaban J connectivity index is 1.31. The maximum absolute atomic E-state index is 12.7. The second kappa shape index (κ2) is 8.89. The second-order valence-electron chi connectivity index (χ2n) is 7.65. The summed E-state index contributed by atoms with van der Waals surface area (Å²) in [6.45, 7) is 4.07. The van der Waals surface area contributed by atoms with E-state index in [-0.39, 0.29) is 11.8 Å². The molecule has 1 aliphatic rings. The van der Waals surface area contributed by atoms with Gasteiger partial charge in [0.1, 0.15) is 23.4 Å². The summed E-state index contributed by atoms with van der Waals surface area (Å²) in [5.41, 5.74) is 7.38. The van der Waals surface area contributed by atoms with Crippen LogP contribution in [0.2, 0.25) is 0 Å². The summed E-state index contributed by atoms with van der Waals surface area (Å²) in [6, 6.07) is 14.8. The van der Waals surface area contributed by atoms with Gasteiger partial charge in [0.2, 0.25) is 5.91 Å². The number of nitrogens with two attached hydrogens (primary N) is 1. The standard InChI is InChI=1S/C24H23N5O3/c1-16(25)18-3-2-4-21(11-18)32-20-7-5-17(6-8-20)12-28-23(31)24(9-10-24)29-22(30)19-13-26-15-27-14-19/h2-8,11,13-15H,1,9-10,12,25H2,(H,28,31)(H,29,30). The molecule has 2 amide bonds. The van der Waals surface area contributed by atoms with Crippen LogP contribution in [-0.4, -0.2) is 27.3 Å². The van der Waals surface area contributed by atoms with E-state index in [9.17, 15) is 9.59 Å². The molecule has 0 aliphatic heterocycles. The molecule has 0 atom stereocenters. The normalized spacial score (nSPS) is 13.6. The van der Waals surface area contributed by atoms with E-state index in [1.54, 1.807) is 0 Å². The highest BCUT2D eigenvalue weighted by molar-refractivity contribution is 6.00. The quantitative estimate of drug-likeness (QED) is 0.507. The fraction of sp³-hybridized carbons (Fsp3) is 0.167. The minimum Gasteiger partial charge on any atom is -0.457 e. The van der Waals surface area contributed by atoms with Crippen molar-refractivity contribution >= 4 is 17.5 Å². The Kier molecular flexibility index (Phi) is 5.85. The Labute approximate surface area is 185 Å². The van der Waals surface area contributed by atoms with Gasteiger partial charge >= 0.3 is 0 Å². The van der Waals surface area contributed by atoms with Crippen molar-refractivity contribution in [2.45, 2.75) is 24.9 Å². The first-order valence-electron chi connectivity index (χ1n) is 10.1. The van der Waals surface area contributed by atoms with Crippen molar-refractivity contribution in [1.82, 2.24) is 20.6 Å². The number of carbonyl (C=O) groups excluding carboxylic acids is 2. The van der Waals surface area contributed by atoms with E-state index >= 15 is 0 Å². The van der Waals surface area contributed by atoms with E-state index in [2.05, 4.69) is 27.2 Å². The van der Waals surface area contributed by atoms with Gasteiger partial charge in [-0.05, 0) is 42.7 Å². The lowest BCUT2D eigenvalue weighted by Gasteiger charge is -2.17. The van der Waals surface area contributed by atoms with Crippen LogP contribution in [0.3, 0.4) is 0 Å². The minimum absolute atomic E-state index is 0.207. The number of aromatic nitrogens is 2. The van der Waals surface area contributed by atoms with Crippen LogP contribution in [0.4, 0.5) is 0 Å². The molecule has 1 fully saturated rings. The van der Waals surface area contributed by atoms with Gasteiger partial charge in [-0.3, -0.25) is 9.59 Å². The smallest absolute Gasteiger partial charge is 0.255 e. The number of rotatable bonds is 8. The molecular weight excluding hydrogens is 406 g/mol. The molecule has 0 saturated heterocycles. The summed E-state index contributed by atoms with van der Waals surface area (Å²) in [5.74, 6) is 0.755. The van der Waals surface area contributed by atoms with Gasteiger partial charge < -0.3 is 21.1 Å². The van der Waals surface area contributed by atoms with Crippen LogP contribution in [0.15, 0.2) is 73.8 Å². The average molecular weight is 429 g/mol. The summed E-state index contributed by atoms with van der Waals surface area (Å²) in [4.78, 5) is 32.7. The number of carbonyl (C=O) groups is 2. The molecule has 0 spiro atoms. The zero-order valence-electron chi connectivity index (χ0n) is 17.4. The van der Waals surface area contributed by atoms with Crippen LogP contribution < -0.4 is 21.1 Å². The number of amides is 2. The van der Waals surface area contributed by atoms with E-state index in [0.29, 0.717) is 42.1 Å². The molecule has 0 bridgehead atoms. The first kappa shape index (κ1) is 21.0. The summed E-state index contributed by atoms with van der Waals surface area (Å²) in [7, 11) is 0. The van der Waals surface area contributed by atoms with Crippen LogP contribution in [-0.2, 0) is 11.3 Å². The second-order valence-corrected chi connectivity index (χ2v) is 7.65. The number of benzene rings is 2. The molecule has 4 rings (SSSR count). The van der Waals surface area contributed by atoms with Crippen LogP contribution in [0, 0.1) is 0 Å². The number of ether oxygens (including phenoxy) is 1. The molecule has 1 saturated carbocycles. The molecule has 8 heteroatoms. The van der Waals surface area contributed by atoms with Crippen molar-refractivity contribution in [3.05, 3.63) is 90.5 Å². The molecule has 4 N–H and O–H groups in total. The van der Waals surface area contributed by atoms with Crippen molar-refractivity contribution in [2.75, 3.05) is 0 Å². The first-order valence-corrected chi connectivity index (χ1v) is 10.1. The predicted octanol–water partition coefficient (Wildman–Crippen LogP) is 2.78. The topological polar surface area (TPSA) is 119 Å². The zero-order chi connectivity index (χ0) is 22.6. The van der Waals surface area contributed by atoms with Crippen LogP contribution in [0.25, 0.3) is 5.70 Å². The number of nitrogens with zero attached hydrogens (tertiary/aromatic N) is 2. The van der Waals surface area contributed by atoms with Crippen LogP contribution >= 0.6 is 0 Å². The van der Waals surface area contributed by atoms with Gasteiger partial charge in [0.05, 0.1) is 5.56 Å². The molecule has 0 radical (unpaired) electrons. The SMILES string of the molecule is C=C(N)c1cccc(Oc2ccc(CNC(=O)C3(NC(=O)c4cncnc4)CC3)cc2)c1. The van der Waals surface area contributed by atoms with E-state index < -0.39 is 5.54 Å². The fourth-order valence-electron chi connectivity index (χ4n) is 3.16. The number of hydrogen-bond donors (Lipinski definition) is 3. The lowest BCUT2D eigenvalue weighted by molar-refractivity contribution is -0.124. The monoisotopic (exact) mass is 429 g/mol. The summed E-state index contributed by atoms with van der Waals surface area (Å²) >= 11 is 0. The third-order valence-corrected chi connectivity index (χ3v) is 5.18. The zero-order valence-corrected chi connectivity index (χ0v) is 17.4. The largest absolute Gasteiger partial charge is 0.457 e. The van der Waals surface area contributed by atoms with Crippen molar-refractivity contribution in [1.29, 1.82) is 0 Å². The van der Waals surface area contributed by atoms with Crippen LogP contribution in [0.5, 0.6) is 11.5 Å². The Morgan fingerprint density at radius 2 is 1.75 bits per heavy atom. The molecule has 2 aromatic carbocycles. The van der Waals surface area contributed by atoms with E-state index in [0.717, 1.165) is 11.1 Å². The third kappa shape index (κ3) is 4.92. The average Bonchev–Trinajstić information content (AvgIpc) is 3.60. The molecule has 0 unspecified atom stereocenters. The minimum atomic E-state index is -0.867. The highest BCUT2D eigenvalue weighted by Crippen LogP contribution is 2.36. The number of hydrogen-bond acceptors (Lipinski definition) is 6. The van der Waals surface area contributed by atoms with E-state index in [1.807, 2.05) is 48.5 Å². The lowest BCUT2D eigenvalue weighted by Crippen LogP contribution is -2.48. The Bertz CT molecular complexity index is 1140. The van der Waals surface area contributed by atoms with Gasteiger partial charge in [0.25, 0.3) is 5.91 Å². The molecule has 32 heavy (non-hydrogen) atoms. The van der Waals surface area contributed by atoms with Crippen molar-refractivity contribution in [2.24, 2.45) is 5.73 Å². The highest BCUT2D eigenvalue weighted by Gasteiger charge is 2.51. The van der Waals surface area contributed by atoms with Gasteiger partial charge in [-0.1, -0.05) is 30.8 Å². The summed E-state index contributed by atoms with van der Waals surface area (Å²) < 4.78 is 5.86.